The van der Waals surface area contributed by atoms with Crippen LogP contribution in [0.5, 0.6) is 0 Å². The van der Waals surface area contributed by atoms with Crippen molar-refractivity contribution in [3.8, 4) is 0 Å². The average molecular weight is 417 g/mol. The summed E-state index contributed by atoms with van der Waals surface area (Å²) in [7, 11) is 1.20. The quantitative estimate of drug-likeness (QED) is 0.711. The second-order valence-electron chi connectivity index (χ2n) is 9.15. The molecule has 2 N–H and O–H groups in total. The fraction of sp³-hybridized carbons (Fsp3) is 0.417. The smallest absolute Gasteiger partial charge is 0.337 e. The fourth-order valence-electron chi connectivity index (χ4n) is 3.99. The fourth-order valence-corrected chi connectivity index (χ4v) is 3.99. The van der Waals surface area contributed by atoms with Gasteiger partial charge in [-0.05, 0) is 58.6 Å². The number of rotatable bonds is 4. The molecular formula is C24H28FNO4. The van der Waals surface area contributed by atoms with Crippen LogP contribution in [0.1, 0.15) is 73.7 Å². The summed E-state index contributed by atoms with van der Waals surface area (Å²) in [4.78, 5) is 24.1. The van der Waals surface area contributed by atoms with Crippen LogP contribution in [0, 0.1) is 5.82 Å². The number of esters is 1. The van der Waals surface area contributed by atoms with Crippen LogP contribution in [0.4, 0.5) is 10.1 Å². The van der Waals surface area contributed by atoms with Crippen molar-refractivity contribution in [3.63, 3.8) is 0 Å². The largest absolute Gasteiger partial charge is 0.465 e. The molecule has 3 rings (SSSR count). The predicted molar refractivity (Wildman–Crippen MR) is 113 cm³/mol. The third-order valence-electron chi connectivity index (χ3n) is 6.09. The van der Waals surface area contributed by atoms with Crippen LogP contribution < -0.4 is 5.32 Å². The molecule has 0 unspecified atom stereocenters. The lowest BCUT2D eigenvalue weighted by atomic mass is 9.63. The maximum absolute atomic E-state index is 14.3. The second kappa shape index (κ2) is 7.84. The molecule has 1 aliphatic rings. The lowest BCUT2D eigenvalue weighted by Crippen LogP contribution is -2.34. The molecule has 0 fully saturated rings. The summed E-state index contributed by atoms with van der Waals surface area (Å²) < 4.78 is 18.8. The van der Waals surface area contributed by atoms with E-state index in [9.17, 15) is 19.1 Å². The number of carbonyl (C=O) groups is 2. The molecule has 0 saturated carbocycles. The number of aliphatic hydroxyl groups excluding tert-OH is 1. The summed E-state index contributed by atoms with van der Waals surface area (Å²) in [6.45, 7) is 8.72. The second-order valence-corrected chi connectivity index (χ2v) is 9.15. The van der Waals surface area contributed by atoms with Gasteiger partial charge < -0.3 is 15.2 Å². The Morgan fingerprint density at radius 3 is 2.33 bits per heavy atom. The average Bonchev–Trinajstić information content (AvgIpc) is 2.71. The highest BCUT2D eigenvalue weighted by Gasteiger charge is 2.37. The van der Waals surface area contributed by atoms with Crippen LogP contribution in [0.15, 0.2) is 36.4 Å². The number of amides is 1. The van der Waals surface area contributed by atoms with Gasteiger partial charge in [-0.2, -0.15) is 0 Å². The number of hydrogen-bond acceptors (Lipinski definition) is 4. The Bertz CT molecular complexity index is 997. The maximum atomic E-state index is 14.3. The molecule has 0 bridgehead atoms. The lowest BCUT2D eigenvalue weighted by Gasteiger charge is -2.42. The minimum Gasteiger partial charge on any atom is -0.465 e. The van der Waals surface area contributed by atoms with Crippen molar-refractivity contribution in [2.24, 2.45) is 0 Å². The Labute approximate surface area is 176 Å². The van der Waals surface area contributed by atoms with Crippen molar-refractivity contribution in [3.05, 3.63) is 64.5 Å². The number of aliphatic hydroxyl groups is 1. The summed E-state index contributed by atoms with van der Waals surface area (Å²) in [6.07, 6.45) is 0.628. The molecule has 5 nitrogen and oxygen atoms in total. The molecule has 6 heteroatoms. The lowest BCUT2D eigenvalue weighted by molar-refractivity contribution is -0.124. The summed E-state index contributed by atoms with van der Waals surface area (Å²) in [5.41, 5.74) is 2.69. The van der Waals surface area contributed by atoms with Gasteiger partial charge in [-0.3, -0.25) is 4.79 Å². The highest BCUT2D eigenvalue weighted by Crippen LogP contribution is 2.46. The molecule has 0 spiro atoms. The zero-order valence-corrected chi connectivity index (χ0v) is 18.0. The zero-order valence-electron chi connectivity index (χ0n) is 18.0. The van der Waals surface area contributed by atoms with E-state index in [0.29, 0.717) is 5.56 Å². The summed E-state index contributed by atoms with van der Waals surface area (Å²) in [5, 5.41) is 13.0. The monoisotopic (exact) mass is 417 g/mol. The topological polar surface area (TPSA) is 75.6 Å². The van der Waals surface area contributed by atoms with Crippen molar-refractivity contribution in [1.29, 1.82) is 0 Å². The number of anilines is 1. The van der Waals surface area contributed by atoms with E-state index in [1.54, 1.807) is 6.07 Å². The molecule has 30 heavy (non-hydrogen) atoms. The van der Waals surface area contributed by atoms with E-state index >= 15 is 0 Å². The molecule has 2 aromatic carbocycles. The number of nitrogens with one attached hydrogen (secondary N) is 1. The normalized spacial score (nSPS) is 17.6. The zero-order chi connectivity index (χ0) is 22.3. The van der Waals surface area contributed by atoms with E-state index in [1.165, 1.54) is 24.8 Å². The number of methoxy groups -OCH3 is 1. The number of ether oxygens (including phenoxy) is 1. The molecule has 160 valence electrons. The SMILES string of the molecule is COC(=O)c1ccc(N[14C](=O)[14C@@H](O)c2ccc3c(c2)C(C)(C)CCC3(C)C)c(F)c1. The van der Waals surface area contributed by atoms with E-state index in [1.807, 2.05) is 12.1 Å². The van der Waals surface area contributed by atoms with Gasteiger partial charge in [0.05, 0.1) is 18.4 Å². The Balaban J connectivity index is 1.84. The number of fused-ring (bicyclic) bond motifs is 1. The number of carbonyl (C=O) groups excluding carboxylic acids is 2. The highest BCUT2D eigenvalue weighted by molar-refractivity contribution is 5.96. The molecule has 0 radical (unpaired) electrons. The Hall–Kier alpha value is -2.73. The first-order valence-corrected chi connectivity index (χ1v) is 9.98. The van der Waals surface area contributed by atoms with Gasteiger partial charge in [0.15, 0.2) is 6.10 Å². The van der Waals surface area contributed by atoms with E-state index in [0.717, 1.165) is 24.5 Å². The van der Waals surface area contributed by atoms with Crippen molar-refractivity contribution >= 4 is 17.6 Å². The van der Waals surface area contributed by atoms with E-state index in [-0.39, 0.29) is 22.1 Å². The third-order valence-corrected chi connectivity index (χ3v) is 6.09. The standard InChI is InChI=1S/C24H28FNO4/c1-23(2)10-11-24(3,4)17-12-14(6-8-16(17)23)20(27)21(28)26-19-9-7-15(13-18(19)25)22(29)30-5/h6-9,12-13,20,27H,10-11H2,1-5H3,(H,26,28)/t20-/m0/s1/i20+2,21+2. The highest BCUT2D eigenvalue weighted by atomic mass is 19.1. The van der Waals surface area contributed by atoms with Crippen molar-refractivity contribution < 1.29 is 23.8 Å². The summed E-state index contributed by atoms with van der Waals surface area (Å²) >= 11 is 0. The number of benzene rings is 2. The number of halogens is 1. The van der Waals surface area contributed by atoms with Crippen LogP contribution >= 0.6 is 0 Å². The third kappa shape index (κ3) is 4.10. The van der Waals surface area contributed by atoms with Crippen LogP contribution in [-0.4, -0.2) is 24.1 Å². The molecule has 0 aromatic heterocycles. The Kier molecular flexibility index (Phi) is 5.74. The van der Waals surface area contributed by atoms with Crippen LogP contribution in [0.3, 0.4) is 0 Å². The van der Waals surface area contributed by atoms with Gasteiger partial charge in [0.1, 0.15) is 5.82 Å². The first-order chi connectivity index (χ1) is 14.0. The minimum atomic E-state index is -1.45. The van der Waals surface area contributed by atoms with Gasteiger partial charge in [-0.15, -0.1) is 0 Å². The summed E-state index contributed by atoms with van der Waals surface area (Å²) in [6, 6.07) is 9.22. The molecule has 2 aromatic rings. The van der Waals surface area contributed by atoms with E-state index in [2.05, 4.69) is 37.7 Å². The van der Waals surface area contributed by atoms with Crippen molar-refractivity contribution in [2.75, 3.05) is 12.4 Å². The first kappa shape index (κ1) is 22.0. The van der Waals surface area contributed by atoms with Crippen LogP contribution in [0.25, 0.3) is 0 Å². The first-order valence-electron chi connectivity index (χ1n) is 9.98. The molecule has 1 atom stereocenters. The van der Waals surface area contributed by atoms with Crippen molar-refractivity contribution in [1.82, 2.24) is 0 Å². The number of hydrogen-bond donors (Lipinski definition) is 2. The molecule has 1 aliphatic carbocycles. The molecular weight excluding hydrogens is 389 g/mol. The Morgan fingerprint density at radius 2 is 1.73 bits per heavy atom. The molecule has 0 saturated heterocycles. The van der Waals surface area contributed by atoms with Gasteiger partial charge in [0, 0.05) is 0 Å². The maximum Gasteiger partial charge on any atom is 0.337 e. The van der Waals surface area contributed by atoms with Crippen molar-refractivity contribution in [2.45, 2.75) is 57.5 Å². The molecule has 1 amide bonds. The van der Waals surface area contributed by atoms with Gasteiger partial charge in [0.25, 0.3) is 5.91 Å². The molecule has 0 aliphatic heterocycles. The van der Waals surface area contributed by atoms with Gasteiger partial charge in [0.2, 0.25) is 0 Å². The summed E-state index contributed by atoms with van der Waals surface area (Å²) in [5.74, 6) is -2.20. The van der Waals surface area contributed by atoms with Crippen LogP contribution in [0.2, 0.25) is 0 Å². The Morgan fingerprint density at radius 1 is 1.10 bits per heavy atom. The van der Waals surface area contributed by atoms with Crippen LogP contribution in [-0.2, 0) is 20.4 Å². The van der Waals surface area contributed by atoms with Gasteiger partial charge in [-0.25, -0.2) is 9.18 Å². The van der Waals surface area contributed by atoms with Gasteiger partial charge >= 0.3 is 5.97 Å². The van der Waals surface area contributed by atoms with E-state index in [4.69, 9.17) is 0 Å². The predicted octanol–water partition coefficient (Wildman–Crippen LogP) is 4.63. The molecule has 0 heterocycles. The van der Waals surface area contributed by atoms with E-state index < -0.39 is 23.8 Å². The van der Waals surface area contributed by atoms with Gasteiger partial charge in [-0.1, -0.05) is 45.9 Å². The minimum absolute atomic E-state index is 0.0289.